The molecule has 3 aromatic carbocycles. The lowest BCUT2D eigenvalue weighted by molar-refractivity contribution is -0.643. The molecule has 0 aliphatic rings. The molecule has 0 N–H and O–H groups in total. The second-order valence-electron chi connectivity index (χ2n) is 8.26. The maximum atomic E-state index is 7.63. The molecule has 0 spiro atoms. The van der Waals surface area contributed by atoms with E-state index in [0.717, 1.165) is 10.9 Å². The molecule has 0 saturated heterocycles. The third-order valence-corrected chi connectivity index (χ3v) is 6.53. The molecule has 0 amide bonds. The van der Waals surface area contributed by atoms with Crippen LogP contribution >= 0.6 is 0 Å². The highest BCUT2D eigenvalue weighted by molar-refractivity contribution is 6.26. The Hall–Kier alpha value is -3.64. The predicted molar refractivity (Wildman–Crippen MR) is 120 cm³/mol. The molecule has 0 aliphatic carbocycles. The molecular formula is C26H20N3+. The Morgan fingerprint density at radius 3 is 2.52 bits per heavy atom. The van der Waals surface area contributed by atoms with Crippen molar-refractivity contribution in [2.45, 2.75) is 20.8 Å². The molecule has 0 fully saturated rings. The zero-order chi connectivity index (χ0) is 20.0. The summed E-state index contributed by atoms with van der Waals surface area (Å²) in [4.78, 5) is 3.77. The Morgan fingerprint density at radius 2 is 1.72 bits per heavy atom. The van der Waals surface area contributed by atoms with Gasteiger partial charge in [-0.05, 0) is 67.1 Å². The summed E-state index contributed by atoms with van der Waals surface area (Å²) in [6.45, 7) is 14.2. The molecule has 0 saturated carbocycles. The van der Waals surface area contributed by atoms with E-state index in [2.05, 4.69) is 84.2 Å². The maximum Gasteiger partial charge on any atom is 0.224 e. The summed E-state index contributed by atoms with van der Waals surface area (Å²) >= 11 is 0. The normalized spacial score (nSPS) is 12.1. The van der Waals surface area contributed by atoms with Gasteiger partial charge >= 0.3 is 0 Å². The maximum absolute atomic E-state index is 7.63. The third-order valence-electron chi connectivity index (χ3n) is 6.53. The topological polar surface area (TPSA) is 12.7 Å². The van der Waals surface area contributed by atoms with Crippen molar-refractivity contribution in [3.63, 3.8) is 0 Å². The van der Waals surface area contributed by atoms with E-state index in [0.29, 0.717) is 5.69 Å². The average molecular weight is 374 g/mol. The fraction of sp³-hybridized carbons (Fsp3) is 0.154. The van der Waals surface area contributed by atoms with E-state index in [1.807, 2.05) is 6.07 Å². The van der Waals surface area contributed by atoms with Crippen molar-refractivity contribution < 1.29 is 4.57 Å². The summed E-state index contributed by atoms with van der Waals surface area (Å²) in [5, 5.41) is 6.21. The highest BCUT2D eigenvalue weighted by Gasteiger charge is 2.24. The summed E-state index contributed by atoms with van der Waals surface area (Å²) in [6, 6.07) is 15.2. The van der Waals surface area contributed by atoms with E-state index in [-0.39, 0.29) is 0 Å². The molecule has 3 heterocycles. The van der Waals surface area contributed by atoms with Crippen molar-refractivity contribution >= 4 is 54.7 Å². The molecule has 29 heavy (non-hydrogen) atoms. The predicted octanol–water partition coefficient (Wildman–Crippen LogP) is 6.29. The Bertz CT molecular complexity index is 1690. The molecule has 0 radical (unpaired) electrons. The minimum absolute atomic E-state index is 0.683. The van der Waals surface area contributed by atoms with Gasteiger partial charge in [-0.1, -0.05) is 12.1 Å². The zero-order valence-corrected chi connectivity index (χ0v) is 17.0. The van der Waals surface area contributed by atoms with Gasteiger partial charge in [-0.25, -0.2) is 9.41 Å². The molecule has 0 bridgehead atoms. The molecular weight excluding hydrogens is 354 g/mol. The van der Waals surface area contributed by atoms with Gasteiger partial charge < -0.3 is 4.40 Å². The fourth-order valence-corrected chi connectivity index (χ4v) is 5.06. The van der Waals surface area contributed by atoms with Crippen LogP contribution in [0, 0.1) is 27.3 Å². The molecule has 0 atom stereocenters. The lowest BCUT2D eigenvalue weighted by atomic mass is 9.96. The summed E-state index contributed by atoms with van der Waals surface area (Å²) in [6.07, 6.45) is 2.12. The number of hydrogen-bond acceptors (Lipinski definition) is 0. The van der Waals surface area contributed by atoms with Gasteiger partial charge in [0.25, 0.3) is 0 Å². The van der Waals surface area contributed by atoms with Crippen molar-refractivity contribution in [1.82, 2.24) is 4.40 Å². The minimum Gasteiger partial charge on any atom is -0.309 e. The molecule has 138 valence electrons. The molecule has 0 aliphatic heterocycles. The van der Waals surface area contributed by atoms with Gasteiger partial charge in [-0.3, -0.25) is 0 Å². The number of aryl methyl sites for hydroxylation is 4. The standard InChI is InChI=1S/C26H20N3/c1-14-6-7-19-20-11-15(2)16(3)23-25(20)29(21(19)10-14)22-13-18(27-4)12-17-8-9-28(5)26(23)24(17)22/h6-13H,1-3,5H3/q+1. The van der Waals surface area contributed by atoms with Crippen LogP contribution in [0.4, 0.5) is 5.69 Å². The molecule has 3 heteroatoms. The summed E-state index contributed by atoms with van der Waals surface area (Å²) in [7, 11) is 2.12. The lowest BCUT2D eigenvalue weighted by Crippen LogP contribution is -2.29. The highest BCUT2D eigenvalue weighted by atomic mass is 15.0. The Labute approximate surface area is 168 Å². The van der Waals surface area contributed by atoms with Crippen LogP contribution in [-0.4, -0.2) is 4.40 Å². The van der Waals surface area contributed by atoms with Crippen molar-refractivity contribution in [1.29, 1.82) is 0 Å². The number of pyridine rings is 2. The van der Waals surface area contributed by atoms with E-state index in [1.165, 1.54) is 54.8 Å². The van der Waals surface area contributed by atoms with Gasteiger partial charge in [-0.2, -0.15) is 0 Å². The van der Waals surface area contributed by atoms with Crippen LogP contribution in [0.25, 0.3) is 53.8 Å². The molecule has 3 aromatic heterocycles. The largest absolute Gasteiger partial charge is 0.309 e. The van der Waals surface area contributed by atoms with Crippen molar-refractivity contribution in [3.8, 4) is 0 Å². The molecule has 0 unspecified atom stereocenters. The second kappa shape index (κ2) is 5.24. The van der Waals surface area contributed by atoms with Crippen LogP contribution in [0.5, 0.6) is 0 Å². The lowest BCUT2D eigenvalue weighted by Gasteiger charge is -2.14. The first kappa shape index (κ1) is 16.3. The van der Waals surface area contributed by atoms with E-state index in [1.54, 1.807) is 0 Å². The second-order valence-corrected chi connectivity index (χ2v) is 8.26. The Morgan fingerprint density at radius 1 is 0.897 bits per heavy atom. The molecule has 6 rings (SSSR count). The van der Waals surface area contributed by atoms with Crippen molar-refractivity contribution in [2.24, 2.45) is 7.05 Å². The number of aromatic nitrogens is 2. The van der Waals surface area contributed by atoms with Crippen LogP contribution in [0.2, 0.25) is 0 Å². The van der Waals surface area contributed by atoms with Gasteiger partial charge in [-0.15, -0.1) is 0 Å². The van der Waals surface area contributed by atoms with E-state index < -0.39 is 0 Å². The highest BCUT2D eigenvalue weighted by Crippen LogP contribution is 2.42. The van der Waals surface area contributed by atoms with Crippen molar-refractivity contribution in [2.75, 3.05) is 0 Å². The van der Waals surface area contributed by atoms with Crippen LogP contribution in [0.1, 0.15) is 16.7 Å². The SMILES string of the molecule is [C-]#[N+]c1cc2cc[n+](C)c3c4c(C)c(C)cc5c6ccc(C)cc6n(c(c1)c23)c54. The van der Waals surface area contributed by atoms with Crippen LogP contribution in [0.15, 0.2) is 48.7 Å². The fourth-order valence-electron chi connectivity index (χ4n) is 5.06. The molecule has 6 aromatic rings. The van der Waals surface area contributed by atoms with Crippen LogP contribution in [0.3, 0.4) is 0 Å². The smallest absolute Gasteiger partial charge is 0.224 e. The van der Waals surface area contributed by atoms with Gasteiger partial charge in [0, 0.05) is 16.8 Å². The summed E-state index contributed by atoms with van der Waals surface area (Å²) < 4.78 is 4.63. The van der Waals surface area contributed by atoms with Gasteiger partial charge in [0.1, 0.15) is 7.05 Å². The number of benzene rings is 3. The van der Waals surface area contributed by atoms with Gasteiger partial charge in [0.2, 0.25) is 5.52 Å². The summed E-state index contributed by atoms with van der Waals surface area (Å²) in [5.74, 6) is 0. The van der Waals surface area contributed by atoms with Crippen molar-refractivity contribution in [3.05, 3.63) is 76.8 Å². The monoisotopic (exact) mass is 374 g/mol. The first-order valence-corrected chi connectivity index (χ1v) is 9.89. The third kappa shape index (κ3) is 1.89. The summed E-state index contributed by atoms with van der Waals surface area (Å²) in [5.41, 5.74) is 9.38. The van der Waals surface area contributed by atoms with E-state index in [9.17, 15) is 0 Å². The van der Waals surface area contributed by atoms with Gasteiger partial charge in [0.05, 0.1) is 33.9 Å². The Kier molecular flexibility index (Phi) is 2.95. The van der Waals surface area contributed by atoms with Crippen LogP contribution in [-0.2, 0) is 7.05 Å². The quantitative estimate of drug-likeness (QED) is 0.128. The number of fused-ring (bicyclic) bond motifs is 5. The average Bonchev–Trinajstić information content (AvgIpc) is 3.02. The van der Waals surface area contributed by atoms with E-state index >= 15 is 0 Å². The van der Waals surface area contributed by atoms with Crippen LogP contribution < -0.4 is 4.57 Å². The first-order valence-electron chi connectivity index (χ1n) is 9.89. The van der Waals surface area contributed by atoms with Gasteiger partial charge in [0.15, 0.2) is 11.9 Å². The number of hydrogen-bond donors (Lipinski definition) is 0. The first-order chi connectivity index (χ1) is 14.0. The number of nitrogens with zero attached hydrogens (tertiary/aromatic N) is 3. The zero-order valence-electron chi connectivity index (χ0n) is 17.0. The van der Waals surface area contributed by atoms with E-state index in [4.69, 9.17) is 6.57 Å². The Balaban J connectivity index is 2.14. The number of rotatable bonds is 0. The minimum atomic E-state index is 0.683. The molecule has 3 nitrogen and oxygen atoms in total.